The third-order valence-corrected chi connectivity index (χ3v) is 6.04. The lowest BCUT2D eigenvalue weighted by molar-refractivity contribution is 0.535. The van der Waals surface area contributed by atoms with Gasteiger partial charge in [-0.25, -0.2) is 13.4 Å². The first-order chi connectivity index (χ1) is 8.91. The van der Waals surface area contributed by atoms with Crippen LogP contribution in [0, 0.1) is 0 Å². The summed E-state index contributed by atoms with van der Waals surface area (Å²) >= 11 is 1.53. The summed E-state index contributed by atoms with van der Waals surface area (Å²) in [5, 5.41) is 4.16. The SMILES string of the molecule is CCc1nc(CS(=O)(=O)CC)sc1CNC(C)CC. The Labute approximate surface area is 120 Å². The number of nitrogens with zero attached hydrogens (tertiary/aromatic N) is 1. The first kappa shape index (κ1) is 16.6. The van der Waals surface area contributed by atoms with Gasteiger partial charge in [0.2, 0.25) is 0 Å². The van der Waals surface area contributed by atoms with Gasteiger partial charge >= 0.3 is 0 Å². The predicted octanol–water partition coefficient (Wildman–Crippen LogP) is 2.53. The number of hydrogen-bond donors (Lipinski definition) is 1. The monoisotopic (exact) mass is 304 g/mol. The van der Waals surface area contributed by atoms with Gasteiger partial charge in [-0.15, -0.1) is 11.3 Å². The van der Waals surface area contributed by atoms with Crippen LogP contribution < -0.4 is 5.32 Å². The summed E-state index contributed by atoms with van der Waals surface area (Å²) in [6.07, 6.45) is 1.93. The fraction of sp³-hybridized carbons (Fsp3) is 0.769. The summed E-state index contributed by atoms with van der Waals surface area (Å²) in [5.41, 5.74) is 1.03. The van der Waals surface area contributed by atoms with Gasteiger partial charge in [-0.05, 0) is 19.8 Å². The van der Waals surface area contributed by atoms with Gasteiger partial charge in [0.1, 0.15) is 10.8 Å². The second-order valence-corrected chi connectivity index (χ2v) is 8.22. The summed E-state index contributed by atoms with van der Waals surface area (Å²) in [4.78, 5) is 5.64. The second kappa shape index (κ2) is 7.36. The minimum Gasteiger partial charge on any atom is -0.309 e. The number of sulfone groups is 1. The molecule has 0 aliphatic rings. The van der Waals surface area contributed by atoms with Crippen LogP contribution in [0.5, 0.6) is 0 Å². The zero-order valence-electron chi connectivity index (χ0n) is 12.2. The van der Waals surface area contributed by atoms with Crippen molar-refractivity contribution in [2.45, 2.75) is 58.9 Å². The van der Waals surface area contributed by atoms with E-state index in [1.54, 1.807) is 6.92 Å². The number of hydrogen-bond acceptors (Lipinski definition) is 5. The largest absolute Gasteiger partial charge is 0.309 e. The number of rotatable bonds is 8. The Morgan fingerprint density at radius 2 is 2.00 bits per heavy atom. The Kier molecular flexibility index (Phi) is 6.42. The molecule has 1 rings (SSSR count). The van der Waals surface area contributed by atoms with Gasteiger partial charge in [0.15, 0.2) is 9.84 Å². The minimum absolute atomic E-state index is 0.0739. The minimum atomic E-state index is -2.99. The van der Waals surface area contributed by atoms with Crippen molar-refractivity contribution < 1.29 is 8.42 Å². The smallest absolute Gasteiger partial charge is 0.156 e. The Bertz CT molecular complexity index is 495. The second-order valence-electron chi connectivity index (χ2n) is 4.70. The Hall–Kier alpha value is -0.460. The first-order valence-corrected chi connectivity index (χ1v) is 9.46. The lowest BCUT2D eigenvalue weighted by atomic mass is 10.2. The van der Waals surface area contributed by atoms with E-state index in [9.17, 15) is 8.42 Å². The van der Waals surface area contributed by atoms with Crippen LogP contribution in [0.15, 0.2) is 0 Å². The van der Waals surface area contributed by atoms with Gasteiger partial charge in [-0.1, -0.05) is 20.8 Å². The highest BCUT2D eigenvalue weighted by Crippen LogP contribution is 2.21. The fourth-order valence-electron chi connectivity index (χ4n) is 1.61. The van der Waals surface area contributed by atoms with Gasteiger partial charge < -0.3 is 5.32 Å². The van der Waals surface area contributed by atoms with E-state index in [2.05, 4.69) is 31.1 Å². The normalized spacial score (nSPS) is 13.7. The van der Waals surface area contributed by atoms with Gasteiger partial charge in [-0.2, -0.15) is 0 Å². The van der Waals surface area contributed by atoms with E-state index in [4.69, 9.17) is 0 Å². The molecule has 4 nitrogen and oxygen atoms in total. The summed E-state index contributed by atoms with van der Waals surface area (Å²) in [6, 6.07) is 0.467. The van der Waals surface area contributed by atoms with E-state index in [-0.39, 0.29) is 11.5 Å². The maximum absolute atomic E-state index is 11.6. The molecule has 1 aromatic heterocycles. The molecule has 0 saturated heterocycles. The molecule has 0 saturated carbocycles. The predicted molar refractivity (Wildman–Crippen MR) is 81.2 cm³/mol. The summed E-state index contributed by atoms with van der Waals surface area (Å²) < 4.78 is 23.3. The molecule has 0 bridgehead atoms. The van der Waals surface area contributed by atoms with E-state index < -0.39 is 9.84 Å². The van der Waals surface area contributed by atoms with Crippen LogP contribution in [-0.4, -0.2) is 25.2 Å². The van der Waals surface area contributed by atoms with Gasteiger partial charge in [0.05, 0.1) is 5.69 Å². The molecule has 0 aromatic carbocycles. The lowest BCUT2D eigenvalue weighted by Gasteiger charge is -2.10. The summed E-state index contributed by atoms with van der Waals surface area (Å²) in [6.45, 7) is 8.80. The van der Waals surface area contributed by atoms with Crippen molar-refractivity contribution in [3.63, 3.8) is 0 Å². The Balaban J connectivity index is 2.80. The summed E-state index contributed by atoms with van der Waals surface area (Å²) in [7, 11) is -2.99. The van der Waals surface area contributed by atoms with Gasteiger partial charge in [0.25, 0.3) is 0 Å². The molecular formula is C13H24N2O2S2. The number of aryl methyl sites for hydroxylation is 1. The van der Waals surface area contributed by atoms with Crippen molar-refractivity contribution in [2.75, 3.05) is 5.75 Å². The molecule has 1 atom stereocenters. The van der Waals surface area contributed by atoms with Crippen molar-refractivity contribution >= 4 is 21.2 Å². The number of nitrogens with one attached hydrogen (secondary N) is 1. The standard InChI is InChI=1S/C13H24N2O2S2/c1-5-10(4)14-8-12-11(6-2)15-13(18-12)9-19(16,17)7-3/h10,14H,5-9H2,1-4H3. The van der Waals surface area contributed by atoms with Crippen LogP contribution in [-0.2, 0) is 28.6 Å². The van der Waals surface area contributed by atoms with Crippen molar-refractivity contribution in [1.82, 2.24) is 10.3 Å². The van der Waals surface area contributed by atoms with E-state index >= 15 is 0 Å². The van der Waals surface area contributed by atoms with Crippen LogP contribution in [0.25, 0.3) is 0 Å². The van der Waals surface area contributed by atoms with E-state index in [0.717, 1.165) is 30.1 Å². The average Bonchev–Trinajstić information content (AvgIpc) is 2.77. The molecular weight excluding hydrogens is 280 g/mol. The van der Waals surface area contributed by atoms with Crippen LogP contribution in [0.3, 0.4) is 0 Å². The van der Waals surface area contributed by atoms with E-state index in [0.29, 0.717) is 6.04 Å². The van der Waals surface area contributed by atoms with Gasteiger partial charge in [-0.3, -0.25) is 0 Å². The molecule has 19 heavy (non-hydrogen) atoms. The molecule has 0 fully saturated rings. The zero-order chi connectivity index (χ0) is 14.5. The molecule has 6 heteroatoms. The van der Waals surface area contributed by atoms with Crippen molar-refractivity contribution in [3.8, 4) is 0 Å². The fourth-order valence-corrected chi connectivity index (χ4v) is 3.94. The Morgan fingerprint density at radius 1 is 1.32 bits per heavy atom. The highest BCUT2D eigenvalue weighted by molar-refractivity contribution is 7.90. The van der Waals surface area contributed by atoms with Crippen LogP contribution in [0.4, 0.5) is 0 Å². The summed E-state index contributed by atoms with van der Waals surface area (Å²) in [5.74, 6) is 0.249. The quantitative estimate of drug-likeness (QED) is 0.802. The molecule has 0 amide bonds. The molecule has 110 valence electrons. The third kappa shape index (κ3) is 5.20. The Morgan fingerprint density at radius 3 is 2.53 bits per heavy atom. The number of aromatic nitrogens is 1. The zero-order valence-corrected chi connectivity index (χ0v) is 13.8. The molecule has 1 unspecified atom stereocenters. The molecule has 0 spiro atoms. The van der Waals surface area contributed by atoms with Crippen LogP contribution >= 0.6 is 11.3 Å². The maximum atomic E-state index is 11.6. The highest BCUT2D eigenvalue weighted by atomic mass is 32.2. The molecule has 1 aromatic rings. The van der Waals surface area contributed by atoms with Crippen molar-refractivity contribution in [2.24, 2.45) is 0 Å². The topological polar surface area (TPSA) is 59.1 Å². The number of thiazole rings is 1. The average molecular weight is 304 g/mol. The third-order valence-electron chi connectivity index (χ3n) is 3.16. The van der Waals surface area contributed by atoms with Crippen LogP contribution in [0.2, 0.25) is 0 Å². The molecule has 1 heterocycles. The highest BCUT2D eigenvalue weighted by Gasteiger charge is 2.16. The van der Waals surface area contributed by atoms with Crippen LogP contribution in [0.1, 0.15) is 49.7 Å². The van der Waals surface area contributed by atoms with Crippen molar-refractivity contribution in [3.05, 3.63) is 15.6 Å². The van der Waals surface area contributed by atoms with E-state index in [1.807, 2.05) is 0 Å². The first-order valence-electron chi connectivity index (χ1n) is 6.83. The van der Waals surface area contributed by atoms with Crippen molar-refractivity contribution in [1.29, 1.82) is 0 Å². The lowest BCUT2D eigenvalue weighted by Crippen LogP contribution is -2.24. The molecule has 0 aliphatic carbocycles. The molecule has 0 radical (unpaired) electrons. The van der Waals surface area contributed by atoms with Gasteiger partial charge in [0, 0.05) is 23.2 Å². The molecule has 1 N–H and O–H groups in total. The molecule has 0 aliphatic heterocycles. The maximum Gasteiger partial charge on any atom is 0.156 e. The van der Waals surface area contributed by atoms with E-state index in [1.165, 1.54) is 16.2 Å².